The first kappa shape index (κ1) is 16.8. The van der Waals surface area contributed by atoms with Crippen molar-refractivity contribution in [3.63, 3.8) is 0 Å². The Bertz CT molecular complexity index is 399. The Kier molecular flexibility index (Phi) is 7.43. The van der Waals surface area contributed by atoms with Crippen molar-refractivity contribution in [1.29, 1.82) is 0 Å². The molecule has 0 spiro atoms. The van der Waals surface area contributed by atoms with E-state index in [-0.39, 0.29) is 6.10 Å². The van der Waals surface area contributed by atoms with Crippen molar-refractivity contribution in [3.05, 3.63) is 17.7 Å². The van der Waals surface area contributed by atoms with Crippen molar-refractivity contribution in [2.24, 2.45) is 0 Å². The standard InChI is InChI=1S/C14H26N4O2/c1-10(2)14-17-8-12(13(18-14)7-15-3)16-6-11(20-5)9-19-4/h8,10-11,15-16H,6-7,9H2,1-5H3. The zero-order valence-electron chi connectivity index (χ0n) is 13.1. The smallest absolute Gasteiger partial charge is 0.131 e. The van der Waals surface area contributed by atoms with Gasteiger partial charge in [0.1, 0.15) is 5.82 Å². The first-order valence-electron chi connectivity index (χ1n) is 6.88. The van der Waals surface area contributed by atoms with Crippen LogP contribution in [0.2, 0.25) is 0 Å². The highest BCUT2D eigenvalue weighted by Crippen LogP contribution is 2.16. The topological polar surface area (TPSA) is 68.3 Å². The van der Waals surface area contributed by atoms with E-state index >= 15 is 0 Å². The van der Waals surface area contributed by atoms with E-state index in [1.165, 1.54) is 0 Å². The van der Waals surface area contributed by atoms with E-state index in [4.69, 9.17) is 9.47 Å². The Morgan fingerprint density at radius 2 is 2.05 bits per heavy atom. The molecule has 1 aromatic rings. The van der Waals surface area contributed by atoms with Gasteiger partial charge in [0.2, 0.25) is 0 Å². The Hall–Kier alpha value is -1.24. The fourth-order valence-corrected chi connectivity index (χ4v) is 1.78. The van der Waals surface area contributed by atoms with Crippen LogP contribution < -0.4 is 10.6 Å². The van der Waals surface area contributed by atoms with Gasteiger partial charge in [0, 0.05) is 33.2 Å². The molecule has 0 bridgehead atoms. The van der Waals surface area contributed by atoms with Crippen molar-refractivity contribution < 1.29 is 9.47 Å². The van der Waals surface area contributed by atoms with Gasteiger partial charge < -0.3 is 20.1 Å². The summed E-state index contributed by atoms with van der Waals surface area (Å²) in [5, 5.41) is 6.46. The number of nitrogens with zero attached hydrogens (tertiary/aromatic N) is 2. The molecule has 0 aromatic carbocycles. The summed E-state index contributed by atoms with van der Waals surface area (Å²) >= 11 is 0. The predicted octanol–water partition coefficient (Wildman–Crippen LogP) is 1.39. The highest BCUT2D eigenvalue weighted by Gasteiger charge is 2.11. The average molecular weight is 282 g/mol. The van der Waals surface area contributed by atoms with E-state index in [1.807, 2.05) is 13.2 Å². The van der Waals surface area contributed by atoms with Crippen LogP contribution in [0.15, 0.2) is 6.20 Å². The summed E-state index contributed by atoms with van der Waals surface area (Å²) in [6.45, 7) is 6.09. The van der Waals surface area contributed by atoms with Crippen molar-refractivity contribution in [2.75, 3.05) is 39.7 Å². The molecule has 0 saturated heterocycles. The van der Waals surface area contributed by atoms with Gasteiger partial charge in [-0.05, 0) is 7.05 Å². The van der Waals surface area contributed by atoms with Gasteiger partial charge in [0.15, 0.2) is 0 Å². The molecule has 0 aliphatic carbocycles. The summed E-state index contributed by atoms with van der Waals surface area (Å²) in [6, 6.07) is 0. The molecule has 6 heteroatoms. The SMILES string of the molecule is CNCc1nc(C(C)C)ncc1NCC(COC)OC. The van der Waals surface area contributed by atoms with Gasteiger partial charge in [-0.15, -0.1) is 0 Å². The largest absolute Gasteiger partial charge is 0.382 e. The van der Waals surface area contributed by atoms with Crippen molar-refractivity contribution in [1.82, 2.24) is 15.3 Å². The lowest BCUT2D eigenvalue weighted by atomic mass is 10.2. The van der Waals surface area contributed by atoms with Gasteiger partial charge in [0.05, 0.1) is 30.3 Å². The molecule has 1 atom stereocenters. The van der Waals surface area contributed by atoms with Gasteiger partial charge in [-0.25, -0.2) is 9.97 Å². The van der Waals surface area contributed by atoms with Crippen LogP contribution in [0.4, 0.5) is 5.69 Å². The molecule has 6 nitrogen and oxygen atoms in total. The fourth-order valence-electron chi connectivity index (χ4n) is 1.78. The van der Waals surface area contributed by atoms with Crippen LogP contribution in [0, 0.1) is 0 Å². The van der Waals surface area contributed by atoms with Crippen LogP contribution in [-0.2, 0) is 16.0 Å². The molecule has 114 valence electrons. The number of methoxy groups -OCH3 is 2. The van der Waals surface area contributed by atoms with E-state index in [2.05, 4.69) is 34.4 Å². The Labute approximate surface area is 121 Å². The quantitative estimate of drug-likeness (QED) is 0.713. The van der Waals surface area contributed by atoms with E-state index in [0.29, 0.717) is 25.6 Å². The first-order valence-corrected chi connectivity index (χ1v) is 6.88. The van der Waals surface area contributed by atoms with Gasteiger partial charge >= 0.3 is 0 Å². The minimum atomic E-state index is 0.00668. The highest BCUT2D eigenvalue weighted by molar-refractivity contribution is 5.46. The van der Waals surface area contributed by atoms with E-state index < -0.39 is 0 Å². The number of hydrogen-bond acceptors (Lipinski definition) is 6. The monoisotopic (exact) mass is 282 g/mol. The van der Waals surface area contributed by atoms with Gasteiger partial charge in [0.25, 0.3) is 0 Å². The highest BCUT2D eigenvalue weighted by atomic mass is 16.5. The zero-order valence-corrected chi connectivity index (χ0v) is 13.1. The molecule has 0 saturated carbocycles. The summed E-state index contributed by atoms with van der Waals surface area (Å²) < 4.78 is 10.4. The molecule has 1 heterocycles. The lowest BCUT2D eigenvalue weighted by Crippen LogP contribution is -2.27. The molecule has 0 radical (unpaired) electrons. The lowest BCUT2D eigenvalue weighted by Gasteiger charge is -2.18. The van der Waals surface area contributed by atoms with Gasteiger partial charge in [-0.2, -0.15) is 0 Å². The summed E-state index contributed by atoms with van der Waals surface area (Å²) in [5.41, 5.74) is 1.90. The summed E-state index contributed by atoms with van der Waals surface area (Å²) in [4.78, 5) is 9.00. The molecule has 1 unspecified atom stereocenters. The normalized spacial score (nSPS) is 12.7. The summed E-state index contributed by atoms with van der Waals surface area (Å²) in [6.07, 6.45) is 1.85. The summed E-state index contributed by atoms with van der Waals surface area (Å²) in [5.74, 6) is 1.18. The Morgan fingerprint density at radius 1 is 1.30 bits per heavy atom. The molecule has 0 amide bonds. The molecule has 1 aromatic heterocycles. The number of nitrogens with one attached hydrogen (secondary N) is 2. The van der Waals surface area contributed by atoms with Crippen molar-refractivity contribution >= 4 is 5.69 Å². The Morgan fingerprint density at radius 3 is 2.60 bits per heavy atom. The second-order valence-electron chi connectivity index (χ2n) is 4.97. The second kappa shape index (κ2) is 8.84. The summed E-state index contributed by atoms with van der Waals surface area (Å²) in [7, 11) is 5.25. The zero-order chi connectivity index (χ0) is 15.0. The molecule has 0 aliphatic rings. The maximum atomic E-state index is 5.33. The minimum absolute atomic E-state index is 0.00668. The second-order valence-corrected chi connectivity index (χ2v) is 4.97. The molecular formula is C14H26N4O2. The first-order chi connectivity index (χ1) is 9.62. The van der Waals surface area contributed by atoms with E-state index in [9.17, 15) is 0 Å². The van der Waals surface area contributed by atoms with Crippen molar-refractivity contribution in [3.8, 4) is 0 Å². The third kappa shape index (κ3) is 5.03. The fraction of sp³-hybridized carbons (Fsp3) is 0.714. The number of anilines is 1. The molecule has 0 fully saturated rings. The van der Waals surface area contributed by atoms with Crippen LogP contribution >= 0.6 is 0 Å². The molecular weight excluding hydrogens is 256 g/mol. The third-order valence-corrected chi connectivity index (χ3v) is 2.95. The van der Waals surface area contributed by atoms with Crippen LogP contribution in [0.5, 0.6) is 0 Å². The molecule has 20 heavy (non-hydrogen) atoms. The third-order valence-electron chi connectivity index (χ3n) is 2.95. The van der Waals surface area contributed by atoms with Crippen LogP contribution in [0.25, 0.3) is 0 Å². The number of aromatic nitrogens is 2. The van der Waals surface area contributed by atoms with Crippen LogP contribution in [0.3, 0.4) is 0 Å². The van der Waals surface area contributed by atoms with Gasteiger partial charge in [-0.3, -0.25) is 0 Å². The van der Waals surface area contributed by atoms with Crippen molar-refractivity contribution in [2.45, 2.75) is 32.4 Å². The van der Waals surface area contributed by atoms with E-state index in [0.717, 1.165) is 17.2 Å². The molecule has 1 rings (SSSR count). The predicted molar refractivity (Wildman–Crippen MR) is 80.0 cm³/mol. The number of ether oxygens (including phenoxy) is 2. The maximum absolute atomic E-state index is 5.33. The Balaban J connectivity index is 2.77. The lowest BCUT2D eigenvalue weighted by molar-refractivity contribution is 0.0365. The molecule has 0 aliphatic heterocycles. The average Bonchev–Trinajstić information content (AvgIpc) is 2.44. The minimum Gasteiger partial charge on any atom is -0.382 e. The number of hydrogen-bond donors (Lipinski definition) is 2. The number of rotatable bonds is 9. The van der Waals surface area contributed by atoms with Gasteiger partial charge in [-0.1, -0.05) is 13.8 Å². The maximum Gasteiger partial charge on any atom is 0.131 e. The van der Waals surface area contributed by atoms with E-state index in [1.54, 1.807) is 14.2 Å². The van der Waals surface area contributed by atoms with Crippen LogP contribution in [-0.4, -0.2) is 50.5 Å². The molecule has 2 N–H and O–H groups in total. The van der Waals surface area contributed by atoms with Crippen LogP contribution in [0.1, 0.15) is 31.3 Å².